The molecule has 1 aromatic rings. The second-order valence-electron chi connectivity index (χ2n) is 13.7. The minimum atomic E-state index is -2.16. The maximum Gasteiger partial charge on any atom is 0.335 e. The second kappa shape index (κ2) is 10.0. The number of furan rings is 1. The van der Waals surface area contributed by atoms with Crippen molar-refractivity contribution in [2.75, 3.05) is 7.11 Å². The molecule has 1 saturated heterocycles. The Bertz CT molecular complexity index is 1330. The monoisotopic (exact) mass is 586 g/mol. The van der Waals surface area contributed by atoms with Gasteiger partial charge in [-0.3, -0.25) is 14.4 Å². The van der Waals surface area contributed by atoms with Crippen molar-refractivity contribution in [2.24, 2.45) is 34.0 Å². The van der Waals surface area contributed by atoms with Crippen molar-refractivity contribution in [1.82, 2.24) is 0 Å². The highest BCUT2D eigenvalue weighted by Crippen LogP contribution is 2.69. The summed E-state index contributed by atoms with van der Waals surface area (Å²) in [5.74, 6) is -4.58. The molecule has 2 heterocycles. The number of Topliss-reactive ketones (excluding diaryl/α,β-unsaturated/α-hetero) is 1. The molecular formula is C32H42O10. The number of fused-ring (bicyclic) bond motifs is 5. The first-order valence-electron chi connectivity index (χ1n) is 14.8. The van der Waals surface area contributed by atoms with Gasteiger partial charge in [0.25, 0.3) is 0 Å². The fraction of sp³-hybridized carbons (Fsp3) is 0.688. The topological polar surface area (TPSA) is 150 Å². The first-order chi connectivity index (χ1) is 19.6. The van der Waals surface area contributed by atoms with Gasteiger partial charge in [-0.2, -0.15) is 0 Å². The van der Waals surface area contributed by atoms with Crippen LogP contribution in [0.2, 0.25) is 0 Å². The standard InChI is InChI=1S/C32H42O10/c1-8-16(2)25(35)42-28-29(3,4)23(22(34)26(36)39-7)31(6)19-9-11-30(5)20(18(19)14-32(28,38)27(31)37)13-21(33)41-24(30)17-10-12-40-15-17/h10,12,15-16,19,22-24,28,34,38H,8-9,11,13-14H2,1-7H3/t16-,19+,22-,23+,24+,28+,30-,31-,32+/m1/s1. The van der Waals surface area contributed by atoms with Gasteiger partial charge in [-0.15, -0.1) is 0 Å². The Labute approximate surface area is 245 Å². The Kier molecular flexibility index (Phi) is 7.29. The first kappa shape index (κ1) is 30.5. The molecule has 0 spiro atoms. The highest BCUT2D eigenvalue weighted by atomic mass is 16.6. The first-order valence-corrected chi connectivity index (χ1v) is 14.8. The number of cyclic esters (lactones) is 1. The average molecular weight is 587 g/mol. The van der Waals surface area contributed by atoms with Gasteiger partial charge in [-0.05, 0) is 36.8 Å². The largest absolute Gasteiger partial charge is 0.472 e. The average Bonchev–Trinajstić information content (AvgIpc) is 3.47. The van der Waals surface area contributed by atoms with Crippen LogP contribution < -0.4 is 0 Å². The van der Waals surface area contributed by atoms with Crippen molar-refractivity contribution in [1.29, 1.82) is 0 Å². The number of ketones is 1. The molecule has 9 atom stereocenters. The Morgan fingerprint density at radius 1 is 1.17 bits per heavy atom. The summed E-state index contributed by atoms with van der Waals surface area (Å²) < 4.78 is 22.1. The summed E-state index contributed by atoms with van der Waals surface area (Å²) in [7, 11) is 1.16. The minimum absolute atomic E-state index is 0.0258. The Balaban J connectivity index is 1.74. The number of carbonyl (C=O) groups is 4. The molecule has 0 aromatic carbocycles. The lowest BCUT2D eigenvalue weighted by atomic mass is 9.39. The van der Waals surface area contributed by atoms with Crippen molar-refractivity contribution < 1.29 is 48.0 Å². The predicted octanol–water partition coefficient (Wildman–Crippen LogP) is 3.84. The molecule has 1 aliphatic heterocycles. The van der Waals surface area contributed by atoms with E-state index in [0.29, 0.717) is 24.8 Å². The molecule has 1 aromatic heterocycles. The third kappa shape index (κ3) is 4.04. The maximum atomic E-state index is 14.6. The van der Waals surface area contributed by atoms with Gasteiger partial charge >= 0.3 is 17.9 Å². The summed E-state index contributed by atoms with van der Waals surface area (Å²) in [6, 6.07) is 1.76. The van der Waals surface area contributed by atoms with E-state index in [1.54, 1.807) is 40.0 Å². The molecule has 0 radical (unpaired) electrons. The lowest BCUT2D eigenvalue weighted by Crippen LogP contribution is -2.76. The van der Waals surface area contributed by atoms with Crippen LogP contribution >= 0.6 is 0 Å². The summed E-state index contributed by atoms with van der Waals surface area (Å²) in [6.07, 6.45) is 0.681. The van der Waals surface area contributed by atoms with Crippen LogP contribution in [0, 0.1) is 34.0 Å². The molecule has 2 saturated carbocycles. The van der Waals surface area contributed by atoms with Gasteiger partial charge < -0.3 is 28.8 Å². The summed E-state index contributed by atoms with van der Waals surface area (Å²) in [4.78, 5) is 53.7. The van der Waals surface area contributed by atoms with Crippen LogP contribution in [-0.4, -0.2) is 58.8 Å². The van der Waals surface area contributed by atoms with Crippen LogP contribution in [0.15, 0.2) is 34.2 Å². The molecule has 2 N–H and O–H groups in total. The van der Waals surface area contributed by atoms with Crippen molar-refractivity contribution in [3.8, 4) is 0 Å². The number of methoxy groups -OCH3 is 1. The van der Waals surface area contributed by atoms with Gasteiger partial charge in [0.15, 0.2) is 17.5 Å². The highest BCUT2D eigenvalue weighted by molar-refractivity contribution is 5.98. The summed E-state index contributed by atoms with van der Waals surface area (Å²) in [5, 5.41) is 24.0. The number of ether oxygens (including phenoxy) is 3. The lowest BCUT2D eigenvalue weighted by molar-refractivity contribution is -0.247. The minimum Gasteiger partial charge on any atom is -0.472 e. The molecule has 0 amide bonds. The Morgan fingerprint density at radius 2 is 1.86 bits per heavy atom. The van der Waals surface area contributed by atoms with Gasteiger partial charge in [-0.25, -0.2) is 4.79 Å². The van der Waals surface area contributed by atoms with Crippen LogP contribution in [0.4, 0.5) is 0 Å². The van der Waals surface area contributed by atoms with E-state index in [2.05, 4.69) is 0 Å². The molecular weight excluding hydrogens is 544 g/mol. The highest BCUT2D eigenvalue weighted by Gasteiger charge is 2.75. The molecule has 10 nitrogen and oxygen atoms in total. The number of esters is 3. The van der Waals surface area contributed by atoms with Crippen LogP contribution in [0.5, 0.6) is 0 Å². The lowest BCUT2D eigenvalue weighted by Gasteiger charge is -2.66. The molecule has 5 rings (SSSR count). The number of carbonyl (C=O) groups excluding carboxylic acids is 4. The van der Waals surface area contributed by atoms with E-state index in [1.165, 1.54) is 6.26 Å². The number of hydrogen-bond donors (Lipinski definition) is 2. The fourth-order valence-electron chi connectivity index (χ4n) is 8.91. The van der Waals surface area contributed by atoms with Gasteiger partial charge in [-0.1, -0.05) is 47.1 Å². The zero-order valence-electron chi connectivity index (χ0n) is 25.4. The van der Waals surface area contributed by atoms with E-state index in [-0.39, 0.29) is 12.8 Å². The molecule has 2 bridgehead atoms. The van der Waals surface area contributed by atoms with Crippen LogP contribution in [0.1, 0.15) is 85.3 Å². The van der Waals surface area contributed by atoms with Crippen LogP contribution in [0.3, 0.4) is 0 Å². The summed E-state index contributed by atoms with van der Waals surface area (Å²) in [5.41, 5.74) is -3.27. The Hall–Kier alpha value is -2.98. The van der Waals surface area contributed by atoms with Gasteiger partial charge in [0, 0.05) is 34.1 Å². The van der Waals surface area contributed by atoms with Crippen molar-refractivity contribution in [3.63, 3.8) is 0 Å². The van der Waals surface area contributed by atoms with Crippen LogP contribution in [0.25, 0.3) is 0 Å². The van der Waals surface area contributed by atoms with Crippen molar-refractivity contribution >= 4 is 23.7 Å². The van der Waals surface area contributed by atoms with Gasteiger partial charge in [0.1, 0.15) is 12.2 Å². The molecule has 42 heavy (non-hydrogen) atoms. The van der Waals surface area contributed by atoms with Crippen molar-refractivity contribution in [3.05, 3.63) is 35.3 Å². The predicted molar refractivity (Wildman–Crippen MR) is 147 cm³/mol. The second-order valence-corrected chi connectivity index (χ2v) is 13.7. The summed E-state index contributed by atoms with van der Waals surface area (Å²) in [6.45, 7) is 10.7. The van der Waals surface area contributed by atoms with E-state index in [0.717, 1.165) is 18.3 Å². The van der Waals surface area contributed by atoms with E-state index in [4.69, 9.17) is 18.6 Å². The number of aliphatic hydroxyl groups is 2. The number of aliphatic hydroxyl groups excluding tert-OH is 1. The van der Waals surface area contributed by atoms with Gasteiger partial charge in [0.2, 0.25) is 0 Å². The molecule has 0 unspecified atom stereocenters. The summed E-state index contributed by atoms with van der Waals surface area (Å²) >= 11 is 0. The van der Waals surface area contributed by atoms with Crippen molar-refractivity contribution in [2.45, 2.75) is 97.6 Å². The quantitative estimate of drug-likeness (QED) is 0.286. The third-order valence-electron chi connectivity index (χ3n) is 11.1. The van der Waals surface area contributed by atoms with E-state index in [1.807, 2.05) is 13.8 Å². The van der Waals surface area contributed by atoms with E-state index < -0.39 is 81.6 Å². The zero-order valence-corrected chi connectivity index (χ0v) is 25.4. The van der Waals surface area contributed by atoms with Gasteiger partial charge in [0.05, 0.1) is 32.0 Å². The third-order valence-corrected chi connectivity index (χ3v) is 11.1. The zero-order chi connectivity index (χ0) is 31.0. The normalized spacial score (nSPS) is 38.5. The Morgan fingerprint density at radius 3 is 2.45 bits per heavy atom. The molecule has 10 heteroatoms. The fourth-order valence-corrected chi connectivity index (χ4v) is 8.91. The molecule has 3 fully saturated rings. The number of rotatable bonds is 6. The molecule has 3 aliphatic carbocycles. The molecule has 4 aliphatic rings. The van der Waals surface area contributed by atoms with Crippen LogP contribution in [-0.2, 0) is 33.4 Å². The SMILES string of the molecule is CC[C@@H](C)C(=O)O[C@H]1C(C)(C)[C@H]([C@@H](O)C(=O)OC)[C@]2(C)C(=O)[C@@]1(O)CC1=C3CC(=O)O[C@@H](c4ccoc4)[C@]3(C)CC[C@@H]12. The van der Waals surface area contributed by atoms with E-state index in [9.17, 15) is 29.4 Å². The smallest absolute Gasteiger partial charge is 0.335 e. The number of hydrogen-bond acceptors (Lipinski definition) is 10. The maximum absolute atomic E-state index is 14.6. The van der Waals surface area contributed by atoms with E-state index >= 15 is 0 Å². The molecule has 230 valence electrons.